The summed E-state index contributed by atoms with van der Waals surface area (Å²) in [5.41, 5.74) is 0. The number of amides is 1. The Morgan fingerprint density at radius 1 is 1.16 bits per heavy atom. The van der Waals surface area contributed by atoms with E-state index in [2.05, 4.69) is 18.7 Å². The van der Waals surface area contributed by atoms with Gasteiger partial charge in [0, 0.05) is 32.3 Å². The monoisotopic (exact) mass is 270 g/mol. The Morgan fingerprint density at radius 2 is 1.74 bits per heavy atom. The lowest BCUT2D eigenvalue weighted by Gasteiger charge is -2.30. The van der Waals surface area contributed by atoms with E-state index >= 15 is 0 Å². The summed E-state index contributed by atoms with van der Waals surface area (Å²) in [6, 6.07) is 0.352. The van der Waals surface area contributed by atoms with E-state index in [4.69, 9.17) is 5.11 Å². The van der Waals surface area contributed by atoms with Gasteiger partial charge in [-0.1, -0.05) is 19.3 Å². The lowest BCUT2D eigenvalue weighted by Crippen LogP contribution is -2.44. The second kappa shape index (κ2) is 9.32. The van der Waals surface area contributed by atoms with Gasteiger partial charge in [0.25, 0.3) is 0 Å². The second-order valence-electron chi connectivity index (χ2n) is 5.79. The molecule has 0 saturated carbocycles. The topological polar surface area (TPSA) is 43.8 Å². The summed E-state index contributed by atoms with van der Waals surface area (Å²) in [5, 5.41) is 8.93. The maximum Gasteiger partial charge on any atom is 0.236 e. The molecule has 4 nitrogen and oxygen atoms in total. The van der Waals surface area contributed by atoms with Gasteiger partial charge in [-0.25, -0.2) is 0 Å². The van der Waals surface area contributed by atoms with E-state index in [1.165, 1.54) is 19.3 Å². The number of carbonyl (C=O) groups is 1. The van der Waals surface area contributed by atoms with Crippen molar-refractivity contribution in [2.75, 3.05) is 32.8 Å². The highest BCUT2D eigenvalue weighted by Crippen LogP contribution is 2.11. The summed E-state index contributed by atoms with van der Waals surface area (Å²) in [4.78, 5) is 16.6. The van der Waals surface area contributed by atoms with Crippen molar-refractivity contribution in [1.29, 1.82) is 0 Å². The zero-order valence-electron chi connectivity index (χ0n) is 12.6. The van der Waals surface area contributed by atoms with Crippen molar-refractivity contribution in [3.8, 4) is 0 Å². The Labute approximate surface area is 117 Å². The SMILES string of the molecule is CC(C)N(CCCO)CC(=O)N1CCCCCCC1. The van der Waals surface area contributed by atoms with Crippen molar-refractivity contribution in [3.63, 3.8) is 0 Å². The van der Waals surface area contributed by atoms with Gasteiger partial charge in [-0.3, -0.25) is 9.69 Å². The van der Waals surface area contributed by atoms with Crippen LogP contribution >= 0.6 is 0 Å². The second-order valence-corrected chi connectivity index (χ2v) is 5.79. The van der Waals surface area contributed by atoms with Crippen LogP contribution < -0.4 is 0 Å². The third-order valence-corrected chi connectivity index (χ3v) is 3.88. The minimum absolute atomic E-state index is 0.196. The predicted molar refractivity (Wildman–Crippen MR) is 78.1 cm³/mol. The lowest BCUT2D eigenvalue weighted by atomic mass is 10.1. The number of hydrogen-bond donors (Lipinski definition) is 1. The van der Waals surface area contributed by atoms with E-state index in [1.807, 2.05) is 4.90 Å². The molecule has 0 aromatic rings. The van der Waals surface area contributed by atoms with Gasteiger partial charge >= 0.3 is 0 Å². The molecule has 112 valence electrons. The highest BCUT2D eigenvalue weighted by Gasteiger charge is 2.19. The molecule has 0 spiro atoms. The van der Waals surface area contributed by atoms with Gasteiger partial charge < -0.3 is 10.0 Å². The van der Waals surface area contributed by atoms with Crippen molar-refractivity contribution in [3.05, 3.63) is 0 Å². The van der Waals surface area contributed by atoms with Crippen molar-refractivity contribution in [1.82, 2.24) is 9.80 Å². The van der Waals surface area contributed by atoms with Crippen LogP contribution in [0.4, 0.5) is 0 Å². The highest BCUT2D eigenvalue weighted by atomic mass is 16.3. The molecule has 4 heteroatoms. The molecular formula is C15H30N2O2. The Bertz CT molecular complexity index is 249. The molecule has 0 aliphatic carbocycles. The molecule has 1 heterocycles. The average Bonchev–Trinajstić information content (AvgIpc) is 2.33. The van der Waals surface area contributed by atoms with Crippen molar-refractivity contribution in [2.24, 2.45) is 0 Å². The fourth-order valence-corrected chi connectivity index (χ4v) is 2.56. The first kappa shape index (κ1) is 16.4. The molecule has 1 rings (SSSR count). The number of nitrogens with zero attached hydrogens (tertiary/aromatic N) is 2. The van der Waals surface area contributed by atoms with Crippen molar-refractivity contribution in [2.45, 2.75) is 58.4 Å². The van der Waals surface area contributed by atoms with Gasteiger partial charge in [-0.15, -0.1) is 0 Å². The summed E-state index contributed by atoms with van der Waals surface area (Å²) in [6.45, 7) is 7.55. The number of aliphatic hydroxyl groups is 1. The molecule has 0 radical (unpaired) electrons. The van der Waals surface area contributed by atoms with Crippen molar-refractivity contribution >= 4 is 5.91 Å². The van der Waals surface area contributed by atoms with Gasteiger partial charge in [0.1, 0.15) is 0 Å². The number of aliphatic hydroxyl groups excluding tert-OH is 1. The molecule has 1 fully saturated rings. The normalized spacial score (nSPS) is 17.6. The number of likely N-dealkylation sites (tertiary alicyclic amines) is 1. The van der Waals surface area contributed by atoms with Crippen LogP contribution in [0.5, 0.6) is 0 Å². The van der Waals surface area contributed by atoms with E-state index in [9.17, 15) is 4.79 Å². The molecule has 1 saturated heterocycles. The number of carbonyl (C=O) groups excluding carboxylic acids is 1. The van der Waals surface area contributed by atoms with Gasteiger partial charge in [0.15, 0.2) is 0 Å². The molecule has 0 atom stereocenters. The van der Waals surface area contributed by atoms with E-state index in [0.717, 1.165) is 38.9 Å². The van der Waals surface area contributed by atoms with E-state index < -0.39 is 0 Å². The summed E-state index contributed by atoms with van der Waals surface area (Å²) in [6.07, 6.45) is 6.85. The molecule has 1 N–H and O–H groups in total. The Kier molecular flexibility index (Phi) is 8.07. The smallest absolute Gasteiger partial charge is 0.236 e. The zero-order chi connectivity index (χ0) is 14.1. The molecule has 1 amide bonds. The molecule has 19 heavy (non-hydrogen) atoms. The van der Waals surface area contributed by atoms with Crippen LogP contribution in [-0.2, 0) is 4.79 Å². The van der Waals surface area contributed by atoms with Crippen LogP contribution in [0.25, 0.3) is 0 Å². The summed E-state index contributed by atoms with van der Waals surface area (Å²) < 4.78 is 0. The third kappa shape index (κ3) is 6.39. The number of rotatable bonds is 6. The maximum absolute atomic E-state index is 12.4. The first-order valence-electron chi connectivity index (χ1n) is 7.78. The molecule has 0 bridgehead atoms. The van der Waals surface area contributed by atoms with Crippen LogP contribution in [0.1, 0.15) is 52.4 Å². The van der Waals surface area contributed by atoms with Crippen LogP contribution in [0.15, 0.2) is 0 Å². The highest BCUT2D eigenvalue weighted by molar-refractivity contribution is 5.78. The molecular weight excluding hydrogens is 240 g/mol. The zero-order valence-corrected chi connectivity index (χ0v) is 12.6. The molecule has 0 aromatic heterocycles. The van der Waals surface area contributed by atoms with Gasteiger partial charge in [0.2, 0.25) is 5.91 Å². The largest absolute Gasteiger partial charge is 0.396 e. The molecule has 1 aliphatic rings. The van der Waals surface area contributed by atoms with E-state index in [0.29, 0.717) is 12.6 Å². The Balaban J connectivity index is 2.44. The summed E-state index contributed by atoms with van der Waals surface area (Å²) in [5.74, 6) is 0.258. The van der Waals surface area contributed by atoms with Crippen LogP contribution in [0.3, 0.4) is 0 Å². The van der Waals surface area contributed by atoms with Gasteiger partial charge in [-0.2, -0.15) is 0 Å². The fourth-order valence-electron chi connectivity index (χ4n) is 2.56. The summed E-state index contributed by atoms with van der Waals surface area (Å²) in [7, 11) is 0. The van der Waals surface area contributed by atoms with Crippen LogP contribution in [-0.4, -0.2) is 59.6 Å². The van der Waals surface area contributed by atoms with E-state index in [1.54, 1.807) is 0 Å². The number of hydrogen-bond acceptors (Lipinski definition) is 3. The Hall–Kier alpha value is -0.610. The first-order chi connectivity index (χ1) is 9.15. The first-order valence-corrected chi connectivity index (χ1v) is 7.78. The predicted octanol–water partition coefficient (Wildman–Crippen LogP) is 1.87. The molecule has 0 aromatic carbocycles. The van der Waals surface area contributed by atoms with Gasteiger partial charge in [-0.05, 0) is 33.1 Å². The Morgan fingerprint density at radius 3 is 2.26 bits per heavy atom. The lowest BCUT2D eigenvalue weighted by molar-refractivity contribution is -0.133. The van der Waals surface area contributed by atoms with Crippen LogP contribution in [0, 0.1) is 0 Å². The third-order valence-electron chi connectivity index (χ3n) is 3.88. The molecule has 1 aliphatic heterocycles. The average molecular weight is 270 g/mol. The molecule has 0 unspecified atom stereocenters. The maximum atomic E-state index is 12.4. The van der Waals surface area contributed by atoms with Crippen molar-refractivity contribution < 1.29 is 9.90 Å². The minimum atomic E-state index is 0.196. The fraction of sp³-hybridized carbons (Fsp3) is 0.933. The minimum Gasteiger partial charge on any atom is -0.396 e. The quantitative estimate of drug-likeness (QED) is 0.801. The van der Waals surface area contributed by atoms with Gasteiger partial charge in [0.05, 0.1) is 6.54 Å². The van der Waals surface area contributed by atoms with E-state index in [-0.39, 0.29) is 12.5 Å². The summed E-state index contributed by atoms with van der Waals surface area (Å²) >= 11 is 0. The standard InChI is InChI=1S/C15H30N2O2/c1-14(2)17(11-8-12-18)13-15(19)16-9-6-4-3-5-7-10-16/h14,18H,3-13H2,1-2H3. The van der Waals surface area contributed by atoms with Crippen LogP contribution in [0.2, 0.25) is 0 Å².